The summed E-state index contributed by atoms with van der Waals surface area (Å²) in [6.07, 6.45) is 1.78. The van der Waals surface area contributed by atoms with E-state index in [-0.39, 0.29) is 29.9 Å². The first-order valence-electron chi connectivity index (χ1n) is 6.58. The number of carbonyl (C=O) groups excluding carboxylic acids is 2. The largest absolute Gasteiger partial charge is 0.469 e. The van der Waals surface area contributed by atoms with E-state index in [9.17, 15) is 9.59 Å². The Morgan fingerprint density at radius 1 is 1.33 bits per heavy atom. The van der Waals surface area contributed by atoms with E-state index in [2.05, 4.69) is 10.2 Å². The Hall–Kier alpha value is -1.10. The second-order valence-corrected chi connectivity index (χ2v) is 5.20. The van der Waals surface area contributed by atoms with E-state index in [4.69, 9.17) is 4.74 Å². The first kappa shape index (κ1) is 15.0. The van der Waals surface area contributed by atoms with Crippen LogP contribution in [0.15, 0.2) is 0 Å². The average Bonchev–Trinajstić information content (AvgIpc) is 2.36. The van der Waals surface area contributed by atoms with Gasteiger partial charge in [-0.05, 0) is 40.2 Å². The smallest absolute Gasteiger partial charge is 0.309 e. The Morgan fingerprint density at radius 2 is 2.00 bits per heavy atom. The topological polar surface area (TPSA) is 58.6 Å². The predicted octanol–water partition coefficient (Wildman–Crippen LogP) is 0.785. The van der Waals surface area contributed by atoms with Crippen molar-refractivity contribution in [1.29, 1.82) is 0 Å². The number of amides is 1. The SMILES string of the molecule is COC(=O)[C@H]1CCCN(C(C)C(=O)NC(C)C)C1. The fourth-order valence-electron chi connectivity index (χ4n) is 2.29. The summed E-state index contributed by atoms with van der Waals surface area (Å²) in [6.45, 7) is 7.24. The minimum atomic E-state index is -0.195. The van der Waals surface area contributed by atoms with Crippen molar-refractivity contribution in [1.82, 2.24) is 10.2 Å². The maximum absolute atomic E-state index is 11.9. The van der Waals surface area contributed by atoms with Crippen LogP contribution >= 0.6 is 0 Å². The number of nitrogens with one attached hydrogen (secondary N) is 1. The van der Waals surface area contributed by atoms with Crippen LogP contribution in [0, 0.1) is 5.92 Å². The van der Waals surface area contributed by atoms with Crippen molar-refractivity contribution in [3.8, 4) is 0 Å². The summed E-state index contributed by atoms with van der Waals surface area (Å²) in [7, 11) is 1.41. The fraction of sp³-hybridized carbons (Fsp3) is 0.846. The fourth-order valence-corrected chi connectivity index (χ4v) is 2.29. The molecule has 1 fully saturated rings. The van der Waals surface area contributed by atoms with E-state index in [1.54, 1.807) is 0 Å². The molecule has 1 amide bonds. The molecular formula is C13H24N2O3. The highest BCUT2D eigenvalue weighted by Gasteiger charge is 2.31. The molecule has 5 heteroatoms. The van der Waals surface area contributed by atoms with Gasteiger partial charge in [-0.25, -0.2) is 0 Å². The highest BCUT2D eigenvalue weighted by atomic mass is 16.5. The summed E-state index contributed by atoms with van der Waals surface area (Å²) >= 11 is 0. The average molecular weight is 256 g/mol. The maximum Gasteiger partial charge on any atom is 0.309 e. The van der Waals surface area contributed by atoms with Crippen molar-refractivity contribution in [3.05, 3.63) is 0 Å². The zero-order valence-electron chi connectivity index (χ0n) is 11.7. The second kappa shape index (κ2) is 6.73. The van der Waals surface area contributed by atoms with Gasteiger partial charge in [0.05, 0.1) is 19.1 Å². The van der Waals surface area contributed by atoms with Gasteiger partial charge in [0.1, 0.15) is 0 Å². The number of nitrogens with zero attached hydrogens (tertiary/aromatic N) is 1. The lowest BCUT2D eigenvalue weighted by atomic mass is 9.97. The molecule has 1 saturated heterocycles. The van der Waals surface area contributed by atoms with Gasteiger partial charge in [-0.1, -0.05) is 0 Å². The molecule has 0 radical (unpaired) electrons. The lowest BCUT2D eigenvalue weighted by Gasteiger charge is -2.35. The van der Waals surface area contributed by atoms with Crippen LogP contribution in [0.3, 0.4) is 0 Å². The highest BCUT2D eigenvalue weighted by Crippen LogP contribution is 2.19. The highest BCUT2D eigenvalue weighted by molar-refractivity contribution is 5.81. The summed E-state index contributed by atoms with van der Waals surface area (Å²) in [4.78, 5) is 25.5. The van der Waals surface area contributed by atoms with E-state index >= 15 is 0 Å². The lowest BCUT2D eigenvalue weighted by Crippen LogP contribution is -2.51. The van der Waals surface area contributed by atoms with Crippen LogP contribution in [-0.2, 0) is 14.3 Å². The van der Waals surface area contributed by atoms with Crippen molar-refractivity contribution in [2.45, 2.75) is 45.7 Å². The van der Waals surface area contributed by atoms with Gasteiger partial charge in [-0.3, -0.25) is 14.5 Å². The molecule has 1 aliphatic heterocycles. The molecule has 0 aromatic rings. The maximum atomic E-state index is 11.9. The number of hydrogen-bond donors (Lipinski definition) is 1. The predicted molar refractivity (Wildman–Crippen MR) is 69.1 cm³/mol. The third-order valence-corrected chi connectivity index (χ3v) is 3.35. The second-order valence-electron chi connectivity index (χ2n) is 5.20. The van der Waals surface area contributed by atoms with Crippen LogP contribution in [0.4, 0.5) is 0 Å². The number of likely N-dealkylation sites (tertiary alicyclic amines) is 1. The van der Waals surface area contributed by atoms with E-state index in [0.29, 0.717) is 6.54 Å². The first-order valence-corrected chi connectivity index (χ1v) is 6.58. The number of methoxy groups -OCH3 is 1. The van der Waals surface area contributed by atoms with Crippen molar-refractivity contribution in [2.75, 3.05) is 20.2 Å². The number of piperidine rings is 1. The molecule has 0 saturated carbocycles. The number of hydrogen-bond acceptors (Lipinski definition) is 4. The molecule has 1 N–H and O–H groups in total. The Balaban J connectivity index is 2.55. The standard InChI is InChI=1S/C13H24N2O3/c1-9(2)14-12(16)10(3)15-7-5-6-11(8-15)13(17)18-4/h9-11H,5-8H2,1-4H3,(H,14,16)/t10?,11-/m0/s1. The number of rotatable bonds is 4. The molecule has 1 aliphatic rings. The molecule has 104 valence electrons. The summed E-state index contributed by atoms with van der Waals surface area (Å²) in [6, 6.07) is -0.0546. The molecule has 0 aromatic heterocycles. The van der Waals surface area contributed by atoms with Crippen molar-refractivity contribution in [3.63, 3.8) is 0 Å². The number of esters is 1. The summed E-state index contributed by atoms with van der Waals surface area (Å²) in [5.74, 6) is -0.246. The van der Waals surface area contributed by atoms with E-state index in [1.807, 2.05) is 20.8 Å². The van der Waals surface area contributed by atoms with Crippen molar-refractivity contribution < 1.29 is 14.3 Å². The number of carbonyl (C=O) groups is 2. The zero-order valence-corrected chi connectivity index (χ0v) is 11.7. The first-order chi connectivity index (χ1) is 8.45. The zero-order chi connectivity index (χ0) is 13.7. The molecule has 1 rings (SSSR count). The van der Waals surface area contributed by atoms with Crippen LogP contribution < -0.4 is 5.32 Å². The minimum absolute atomic E-state index is 0.0236. The van der Waals surface area contributed by atoms with Crippen molar-refractivity contribution >= 4 is 11.9 Å². The van der Waals surface area contributed by atoms with Crippen molar-refractivity contribution in [2.24, 2.45) is 5.92 Å². The minimum Gasteiger partial charge on any atom is -0.469 e. The van der Waals surface area contributed by atoms with Gasteiger partial charge in [0.15, 0.2) is 0 Å². The van der Waals surface area contributed by atoms with Gasteiger partial charge in [-0.2, -0.15) is 0 Å². The van der Waals surface area contributed by atoms with Gasteiger partial charge >= 0.3 is 5.97 Å². The molecule has 2 atom stereocenters. The summed E-state index contributed by atoms with van der Waals surface area (Å²) < 4.78 is 4.78. The molecule has 0 aromatic carbocycles. The summed E-state index contributed by atoms with van der Waals surface area (Å²) in [5, 5.41) is 2.90. The Morgan fingerprint density at radius 3 is 2.56 bits per heavy atom. The Labute approximate surface area is 109 Å². The van der Waals surface area contributed by atoms with E-state index in [0.717, 1.165) is 19.4 Å². The van der Waals surface area contributed by atoms with Crippen LogP contribution in [0.1, 0.15) is 33.6 Å². The Bertz CT molecular complexity index is 305. The van der Waals surface area contributed by atoms with Gasteiger partial charge in [0.25, 0.3) is 0 Å². The van der Waals surface area contributed by atoms with Gasteiger partial charge in [0.2, 0.25) is 5.91 Å². The van der Waals surface area contributed by atoms with Gasteiger partial charge in [0, 0.05) is 12.6 Å². The molecule has 1 unspecified atom stereocenters. The molecule has 0 aliphatic carbocycles. The third-order valence-electron chi connectivity index (χ3n) is 3.35. The quantitative estimate of drug-likeness (QED) is 0.755. The van der Waals surface area contributed by atoms with Crippen LogP contribution in [-0.4, -0.2) is 49.1 Å². The van der Waals surface area contributed by atoms with Crippen LogP contribution in [0.2, 0.25) is 0 Å². The number of ether oxygens (including phenoxy) is 1. The van der Waals surface area contributed by atoms with Crippen LogP contribution in [0.5, 0.6) is 0 Å². The molecule has 0 spiro atoms. The lowest BCUT2D eigenvalue weighted by molar-refractivity contribution is -0.148. The third kappa shape index (κ3) is 3.98. The van der Waals surface area contributed by atoms with Gasteiger partial charge in [-0.15, -0.1) is 0 Å². The Kier molecular flexibility index (Phi) is 5.59. The van der Waals surface area contributed by atoms with E-state index < -0.39 is 0 Å². The monoisotopic (exact) mass is 256 g/mol. The molecule has 1 heterocycles. The van der Waals surface area contributed by atoms with Gasteiger partial charge < -0.3 is 10.1 Å². The molecule has 5 nitrogen and oxygen atoms in total. The van der Waals surface area contributed by atoms with Crippen LogP contribution in [0.25, 0.3) is 0 Å². The normalized spacial score (nSPS) is 22.6. The molecule has 18 heavy (non-hydrogen) atoms. The van der Waals surface area contributed by atoms with E-state index in [1.165, 1.54) is 7.11 Å². The summed E-state index contributed by atoms with van der Waals surface area (Å²) in [5.41, 5.74) is 0. The molecule has 0 bridgehead atoms. The molecular weight excluding hydrogens is 232 g/mol.